The van der Waals surface area contributed by atoms with E-state index in [9.17, 15) is 4.91 Å². The Morgan fingerprint density at radius 1 is 1.53 bits per heavy atom. The maximum atomic E-state index is 10.5. The summed E-state index contributed by atoms with van der Waals surface area (Å²) in [5.41, 5.74) is 2.99. The van der Waals surface area contributed by atoms with Crippen LogP contribution in [0.25, 0.3) is 0 Å². The predicted molar refractivity (Wildman–Crippen MR) is 79.5 cm³/mol. The van der Waals surface area contributed by atoms with E-state index in [0.29, 0.717) is 10.9 Å². The summed E-state index contributed by atoms with van der Waals surface area (Å²) in [6.07, 6.45) is 1.83. The SMILES string of the molecule is C=C/C(CSc1nc(C)cc(N=O)n1)=C(/C)N(C)C. The lowest BCUT2D eigenvalue weighted by molar-refractivity contribution is 0.509. The third-order valence-corrected chi connectivity index (χ3v) is 3.55. The first-order chi connectivity index (χ1) is 8.97. The molecular formula is C13H18N4OS. The zero-order valence-electron chi connectivity index (χ0n) is 11.7. The highest BCUT2D eigenvalue weighted by Crippen LogP contribution is 2.22. The molecule has 0 spiro atoms. The first kappa shape index (κ1) is 15.4. The van der Waals surface area contributed by atoms with Crippen molar-refractivity contribution in [2.24, 2.45) is 5.18 Å². The summed E-state index contributed by atoms with van der Waals surface area (Å²) in [6, 6.07) is 1.56. The molecule has 0 bridgehead atoms. The molecule has 1 rings (SSSR count). The summed E-state index contributed by atoms with van der Waals surface area (Å²) >= 11 is 1.47. The Bertz CT molecular complexity index is 511. The van der Waals surface area contributed by atoms with Crippen LogP contribution in [0.3, 0.4) is 0 Å². The van der Waals surface area contributed by atoms with Crippen LogP contribution in [-0.2, 0) is 0 Å². The maximum absolute atomic E-state index is 10.5. The molecule has 1 aromatic rings. The summed E-state index contributed by atoms with van der Waals surface area (Å²) in [6.45, 7) is 7.67. The van der Waals surface area contributed by atoms with Crippen LogP contribution in [0.1, 0.15) is 12.6 Å². The van der Waals surface area contributed by atoms with Crippen molar-refractivity contribution in [3.8, 4) is 0 Å². The van der Waals surface area contributed by atoms with Crippen molar-refractivity contribution >= 4 is 17.6 Å². The molecule has 0 saturated heterocycles. The van der Waals surface area contributed by atoms with Crippen molar-refractivity contribution < 1.29 is 0 Å². The highest BCUT2D eigenvalue weighted by atomic mass is 32.2. The average Bonchev–Trinajstić information content (AvgIpc) is 2.38. The highest BCUT2D eigenvalue weighted by Gasteiger charge is 2.06. The molecule has 6 heteroatoms. The van der Waals surface area contributed by atoms with Gasteiger partial charge in [0.25, 0.3) is 0 Å². The van der Waals surface area contributed by atoms with Gasteiger partial charge in [0.15, 0.2) is 5.16 Å². The van der Waals surface area contributed by atoms with E-state index in [-0.39, 0.29) is 5.82 Å². The average molecular weight is 278 g/mol. The van der Waals surface area contributed by atoms with E-state index in [2.05, 4.69) is 21.7 Å². The lowest BCUT2D eigenvalue weighted by Crippen LogP contribution is -2.11. The van der Waals surface area contributed by atoms with Crippen molar-refractivity contribution in [3.05, 3.63) is 40.6 Å². The third-order valence-electron chi connectivity index (χ3n) is 2.65. The van der Waals surface area contributed by atoms with Gasteiger partial charge >= 0.3 is 0 Å². The van der Waals surface area contributed by atoms with Gasteiger partial charge in [-0.05, 0) is 24.6 Å². The highest BCUT2D eigenvalue weighted by molar-refractivity contribution is 7.99. The maximum Gasteiger partial charge on any atom is 0.200 e. The summed E-state index contributed by atoms with van der Waals surface area (Å²) < 4.78 is 0. The molecule has 0 radical (unpaired) electrons. The number of nitroso groups, excluding NO2 is 1. The lowest BCUT2D eigenvalue weighted by atomic mass is 10.2. The van der Waals surface area contributed by atoms with E-state index in [4.69, 9.17) is 0 Å². The van der Waals surface area contributed by atoms with Gasteiger partial charge in [-0.15, -0.1) is 4.91 Å². The van der Waals surface area contributed by atoms with Crippen molar-refractivity contribution in [1.82, 2.24) is 14.9 Å². The quantitative estimate of drug-likeness (QED) is 0.346. The van der Waals surface area contributed by atoms with Crippen LogP contribution in [0.15, 0.2) is 40.3 Å². The van der Waals surface area contributed by atoms with Crippen LogP contribution >= 0.6 is 11.8 Å². The van der Waals surface area contributed by atoms with Gasteiger partial charge in [-0.25, -0.2) is 4.98 Å². The van der Waals surface area contributed by atoms with Gasteiger partial charge in [-0.2, -0.15) is 4.98 Å². The Labute approximate surface area is 117 Å². The molecule has 0 unspecified atom stereocenters. The van der Waals surface area contributed by atoms with Gasteiger partial charge in [0.05, 0.1) is 0 Å². The van der Waals surface area contributed by atoms with E-state index < -0.39 is 0 Å². The molecule has 0 fully saturated rings. The van der Waals surface area contributed by atoms with Gasteiger partial charge in [0, 0.05) is 37.3 Å². The van der Waals surface area contributed by atoms with Crippen molar-refractivity contribution in [3.63, 3.8) is 0 Å². The van der Waals surface area contributed by atoms with Crippen molar-refractivity contribution in [2.45, 2.75) is 19.0 Å². The van der Waals surface area contributed by atoms with Gasteiger partial charge in [0.2, 0.25) is 5.82 Å². The molecule has 0 amide bonds. The van der Waals surface area contributed by atoms with Crippen LogP contribution in [0.2, 0.25) is 0 Å². The Kier molecular flexibility index (Phi) is 5.69. The second-order valence-corrected chi connectivity index (χ2v) is 5.18. The molecule has 0 atom stereocenters. The number of aryl methyl sites for hydroxylation is 1. The number of thioether (sulfide) groups is 1. The first-order valence-electron chi connectivity index (χ1n) is 5.79. The number of allylic oxidation sites excluding steroid dienone is 2. The fourth-order valence-corrected chi connectivity index (χ4v) is 2.36. The molecule has 0 aliphatic carbocycles. The first-order valence-corrected chi connectivity index (χ1v) is 6.77. The van der Waals surface area contributed by atoms with Gasteiger partial charge in [-0.1, -0.05) is 24.4 Å². The third kappa shape index (κ3) is 4.48. The Morgan fingerprint density at radius 3 is 2.74 bits per heavy atom. The molecule has 0 aliphatic rings. The second kappa shape index (κ2) is 7.04. The van der Waals surface area contributed by atoms with Crippen LogP contribution in [0.5, 0.6) is 0 Å². The molecule has 19 heavy (non-hydrogen) atoms. The molecule has 102 valence electrons. The Hall–Kier alpha value is -1.69. The standard InChI is InChI=1S/C13H18N4OS/c1-6-11(10(3)17(4)5)8-19-13-14-9(2)7-12(15-13)16-18/h6-7H,1,8H2,2-5H3/b11-10+. The van der Waals surface area contributed by atoms with Crippen LogP contribution in [0, 0.1) is 11.8 Å². The van der Waals surface area contributed by atoms with Crippen LogP contribution < -0.4 is 0 Å². The molecule has 1 heterocycles. The topological polar surface area (TPSA) is 58.5 Å². The number of hydrogen-bond acceptors (Lipinski definition) is 6. The fraction of sp³-hybridized carbons (Fsp3) is 0.385. The monoisotopic (exact) mass is 278 g/mol. The number of hydrogen-bond donors (Lipinski definition) is 0. The number of aromatic nitrogens is 2. The molecule has 5 nitrogen and oxygen atoms in total. The van der Waals surface area contributed by atoms with E-state index in [0.717, 1.165) is 17.0 Å². The van der Waals surface area contributed by atoms with E-state index in [1.807, 2.05) is 38.9 Å². The minimum Gasteiger partial charge on any atom is -0.381 e. The smallest absolute Gasteiger partial charge is 0.200 e. The number of nitrogens with zero attached hydrogens (tertiary/aromatic N) is 4. The number of rotatable bonds is 6. The van der Waals surface area contributed by atoms with Crippen molar-refractivity contribution in [2.75, 3.05) is 19.8 Å². The summed E-state index contributed by atoms with van der Waals surface area (Å²) in [7, 11) is 3.97. The zero-order valence-corrected chi connectivity index (χ0v) is 12.5. The Balaban J connectivity index is 2.86. The fourth-order valence-electron chi connectivity index (χ4n) is 1.38. The normalized spacial score (nSPS) is 11.8. The summed E-state index contributed by atoms with van der Waals surface area (Å²) in [4.78, 5) is 20.9. The zero-order chi connectivity index (χ0) is 14.4. The molecule has 0 N–H and O–H groups in total. The Morgan fingerprint density at radius 2 is 2.21 bits per heavy atom. The minimum atomic E-state index is 0.170. The van der Waals surface area contributed by atoms with E-state index >= 15 is 0 Å². The molecule has 1 aromatic heterocycles. The molecule has 0 aliphatic heterocycles. The summed E-state index contributed by atoms with van der Waals surface area (Å²) in [5.74, 6) is 0.874. The van der Waals surface area contributed by atoms with Gasteiger partial charge in [-0.3, -0.25) is 0 Å². The largest absolute Gasteiger partial charge is 0.381 e. The molecule has 0 saturated carbocycles. The molecular weight excluding hydrogens is 260 g/mol. The van der Waals surface area contributed by atoms with E-state index in [1.54, 1.807) is 6.07 Å². The van der Waals surface area contributed by atoms with E-state index in [1.165, 1.54) is 11.8 Å². The predicted octanol–water partition coefficient (Wildman–Crippen LogP) is 3.30. The van der Waals surface area contributed by atoms with Gasteiger partial charge < -0.3 is 4.90 Å². The second-order valence-electron chi connectivity index (χ2n) is 4.24. The van der Waals surface area contributed by atoms with Crippen LogP contribution in [0.4, 0.5) is 5.82 Å². The molecule has 0 aromatic carbocycles. The van der Waals surface area contributed by atoms with Gasteiger partial charge in [0.1, 0.15) is 0 Å². The summed E-state index contributed by atoms with van der Waals surface area (Å²) in [5, 5.41) is 3.40. The lowest BCUT2D eigenvalue weighted by Gasteiger charge is -2.16. The van der Waals surface area contributed by atoms with Crippen molar-refractivity contribution in [1.29, 1.82) is 0 Å². The minimum absolute atomic E-state index is 0.170. The van der Waals surface area contributed by atoms with Crippen LogP contribution in [-0.4, -0.2) is 34.7 Å².